The number of amides is 2. The molecule has 0 unspecified atom stereocenters. The smallest absolute Gasteiger partial charge is 0.264 e. The molecule has 0 aliphatic carbocycles. The molecule has 0 fully saturated rings. The number of ether oxygens (including phenoxy) is 1. The minimum absolute atomic E-state index is 0.0868. The number of nitrogens with zero attached hydrogens (tertiary/aromatic N) is 2. The number of benzene rings is 3. The monoisotopic (exact) mass is 593 g/mol. The van der Waals surface area contributed by atoms with Crippen LogP contribution in [0.5, 0.6) is 5.75 Å². The minimum atomic E-state index is -4.12. The lowest BCUT2D eigenvalue weighted by Gasteiger charge is -2.33. The van der Waals surface area contributed by atoms with Crippen LogP contribution in [-0.2, 0) is 26.2 Å². The minimum Gasteiger partial charge on any atom is -0.497 e. The fraction of sp³-hybridized carbons (Fsp3) is 0.394. The largest absolute Gasteiger partial charge is 0.497 e. The Morgan fingerprint density at radius 2 is 1.57 bits per heavy atom. The second kappa shape index (κ2) is 14.9. The molecule has 0 saturated carbocycles. The summed E-state index contributed by atoms with van der Waals surface area (Å²) in [6.07, 6.45) is 2.11. The SMILES string of the molecule is CCCCNC(=O)[C@H](CC)N(Cc1cccc(OC)c1)C(=O)CN(c1cc(C)cc(C)c1)S(=O)(=O)c1ccc(C)cc1. The second-order valence-electron chi connectivity index (χ2n) is 10.6. The predicted molar refractivity (Wildman–Crippen MR) is 167 cm³/mol. The molecule has 0 saturated heterocycles. The molecular weight excluding hydrogens is 550 g/mol. The summed E-state index contributed by atoms with van der Waals surface area (Å²) in [5, 5.41) is 2.95. The van der Waals surface area contributed by atoms with Gasteiger partial charge in [-0.1, -0.05) is 56.2 Å². The van der Waals surface area contributed by atoms with E-state index in [1.807, 2.05) is 58.9 Å². The summed E-state index contributed by atoms with van der Waals surface area (Å²) in [6, 6.07) is 18.5. The van der Waals surface area contributed by atoms with Crippen LogP contribution >= 0.6 is 0 Å². The van der Waals surface area contributed by atoms with Gasteiger partial charge < -0.3 is 15.0 Å². The third-order valence-corrected chi connectivity index (χ3v) is 8.87. The maximum Gasteiger partial charge on any atom is 0.264 e. The second-order valence-corrected chi connectivity index (χ2v) is 12.5. The molecule has 0 aromatic heterocycles. The van der Waals surface area contributed by atoms with Gasteiger partial charge in [0.1, 0.15) is 18.3 Å². The van der Waals surface area contributed by atoms with Crippen LogP contribution in [0.15, 0.2) is 71.6 Å². The maximum atomic E-state index is 14.2. The molecule has 0 aliphatic heterocycles. The van der Waals surface area contributed by atoms with Crippen LogP contribution in [0.25, 0.3) is 0 Å². The van der Waals surface area contributed by atoms with Gasteiger partial charge in [0.05, 0.1) is 17.7 Å². The van der Waals surface area contributed by atoms with E-state index < -0.39 is 28.5 Å². The van der Waals surface area contributed by atoms with Gasteiger partial charge >= 0.3 is 0 Å². The van der Waals surface area contributed by atoms with Crippen LogP contribution < -0.4 is 14.4 Å². The maximum absolute atomic E-state index is 14.2. The summed E-state index contributed by atoms with van der Waals surface area (Å²) in [5.74, 6) is -0.120. The molecule has 0 bridgehead atoms. The van der Waals surface area contributed by atoms with E-state index in [1.54, 1.807) is 49.6 Å². The molecule has 3 aromatic carbocycles. The number of anilines is 1. The van der Waals surface area contributed by atoms with Crippen LogP contribution in [0, 0.1) is 20.8 Å². The van der Waals surface area contributed by atoms with Gasteiger partial charge in [0.25, 0.3) is 10.0 Å². The van der Waals surface area contributed by atoms with E-state index >= 15 is 0 Å². The summed E-state index contributed by atoms with van der Waals surface area (Å²) in [7, 11) is -2.56. The number of unbranched alkanes of at least 4 members (excludes halogenated alkanes) is 1. The van der Waals surface area contributed by atoms with Gasteiger partial charge in [-0.25, -0.2) is 8.42 Å². The Hall–Kier alpha value is -3.85. The van der Waals surface area contributed by atoms with Crippen LogP contribution in [0.1, 0.15) is 55.4 Å². The molecule has 1 atom stereocenters. The van der Waals surface area contributed by atoms with E-state index in [0.29, 0.717) is 24.4 Å². The van der Waals surface area contributed by atoms with E-state index in [1.165, 1.54) is 4.90 Å². The summed E-state index contributed by atoms with van der Waals surface area (Å²) >= 11 is 0. The van der Waals surface area contributed by atoms with E-state index in [9.17, 15) is 18.0 Å². The molecule has 0 aliphatic rings. The van der Waals surface area contributed by atoms with Crippen molar-refractivity contribution in [2.75, 3.05) is 24.5 Å². The van der Waals surface area contributed by atoms with Crippen molar-refractivity contribution in [2.45, 2.75) is 71.4 Å². The zero-order valence-corrected chi connectivity index (χ0v) is 26.3. The molecule has 2 amide bonds. The van der Waals surface area contributed by atoms with Crippen molar-refractivity contribution in [2.24, 2.45) is 0 Å². The van der Waals surface area contributed by atoms with Gasteiger partial charge in [0, 0.05) is 13.1 Å². The van der Waals surface area contributed by atoms with Crippen molar-refractivity contribution in [3.8, 4) is 5.75 Å². The van der Waals surface area contributed by atoms with Crippen molar-refractivity contribution in [3.63, 3.8) is 0 Å². The van der Waals surface area contributed by atoms with Gasteiger partial charge in [-0.15, -0.1) is 0 Å². The van der Waals surface area contributed by atoms with E-state index in [4.69, 9.17) is 4.74 Å². The summed E-state index contributed by atoms with van der Waals surface area (Å²) in [6.45, 7) is 9.69. The average Bonchev–Trinajstić information content (AvgIpc) is 2.95. The number of hydrogen-bond donors (Lipinski definition) is 1. The lowest BCUT2D eigenvalue weighted by molar-refractivity contribution is -0.140. The molecule has 8 nitrogen and oxygen atoms in total. The highest BCUT2D eigenvalue weighted by atomic mass is 32.2. The Morgan fingerprint density at radius 1 is 0.905 bits per heavy atom. The highest BCUT2D eigenvalue weighted by Gasteiger charge is 2.33. The number of carbonyl (C=O) groups is 2. The van der Waals surface area contributed by atoms with E-state index in [2.05, 4.69) is 5.32 Å². The molecule has 1 N–H and O–H groups in total. The lowest BCUT2D eigenvalue weighted by atomic mass is 10.1. The summed E-state index contributed by atoms with van der Waals surface area (Å²) in [5.41, 5.74) is 3.82. The van der Waals surface area contributed by atoms with Crippen molar-refractivity contribution in [1.29, 1.82) is 0 Å². The highest BCUT2D eigenvalue weighted by molar-refractivity contribution is 7.92. The topological polar surface area (TPSA) is 96.0 Å². The Bertz CT molecular complexity index is 1450. The zero-order chi connectivity index (χ0) is 30.9. The number of rotatable bonds is 14. The number of sulfonamides is 1. The average molecular weight is 594 g/mol. The molecule has 0 spiro atoms. The normalized spacial score (nSPS) is 12.0. The van der Waals surface area contributed by atoms with Crippen LogP contribution in [0.3, 0.4) is 0 Å². The molecule has 42 heavy (non-hydrogen) atoms. The van der Waals surface area contributed by atoms with E-state index in [-0.39, 0.29) is 17.3 Å². The van der Waals surface area contributed by atoms with Crippen molar-refractivity contribution >= 4 is 27.5 Å². The number of methoxy groups -OCH3 is 1. The van der Waals surface area contributed by atoms with E-state index in [0.717, 1.165) is 39.4 Å². The van der Waals surface area contributed by atoms with Crippen molar-refractivity contribution in [3.05, 3.63) is 89.0 Å². The molecule has 0 radical (unpaired) electrons. The van der Waals surface area contributed by atoms with Gasteiger partial charge in [-0.05, 0) is 86.7 Å². The fourth-order valence-corrected chi connectivity index (χ4v) is 6.25. The van der Waals surface area contributed by atoms with Gasteiger partial charge in [0.15, 0.2) is 0 Å². The molecule has 3 aromatic rings. The standard InChI is InChI=1S/C33H43N3O5S/c1-7-9-17-34-33(38)31(8-2)35(22-27-11-10-12-29(21-27)41-6)32(37)23-36(28-19-25(4)18-26(5)20-28)42(39,40)30-15-13-24(3)14-16-30/h10-16,18-21,31H,7-9,17,22-23H2,1-6H3,(H,34,38)/t31-/m0/s1. The first kappa shape index (κ1) is 32.7. The van der Waals surface area contributed by atoms with Crippen molar-refractivity contribution in [1.82, 2.24) is 10.2 Å². The quantitative estimate of drug-likeness (QED) is 0.248. The first-order valence-corrected chi connectivity index (χ1v) is 15.8. The molecule has 9 heteroatoms. The lowest BCUT2D eigenvalue weighted by Crippen LogP contribution is -2.52. The van der Waals surface area contributed by atoms with Gasteiger partial charge in [-0.3, -0.25) is 13.9 Å². The van der Waals surface area contributed by atoms with Gasteiger partial charge in [0.2, 0.25) is 11.8 Å². The summed E-state index contributed by atoms with van der Waals surface area (Å²) in [4.78, 5) is 29.1. The molecule has 3 rings (SSSR count). The molecule has 0 heterocycles. The Morgan fingerprint density at radius 3 is 2.17 bits per heavy atom. The third-order valence-electron chi connectivity index (χ3n) is 7.08. The first-order chi connectivity index (χ1) is 20.0. The Kier molecular flexibility index (Phi) is 11.6. The highest BCUT2D eigenvalue weighted by Crippen LogP contribution is 2.27. The third kappa shape index (κ3) is 8.35. The fourth-order valence-electron chi connectivity index (χ4n) is 4.85. The molecular formula is C33H43N3O5S. The zero-order valence-electron chi connectivity index (χ0n) is 25.5. The Labute approximate surface area is 250 Å². The number of aryl methyl sites for hydroxylation is 3. The molecule has 226 valence electrons. The summed E-state index contributed by atoms with van der Waals surface area (Å²) < 4.78 is 34.7. The first-order valence-electron chi connectivity index (χ1n) is 14.4. The van der Waals surface area contributed by atoms with Gasteiger partial charge in [-0.2, -0.15) is 0 Å². The predicted octanol–water partition coefficient (Wildman–Crippen LogP) is 5.54. The van der Waals surface area contributed by atoms with Crippen LogP contribution in [0.2, 0.25) is 0 Å². The number of nitrogens with one attached hydrogen (secondary N) is 1. The number of carbonyl (C=O) groups excluding carboxylic acids is 2. The van der Waals surface area contributed by atoms with Crippen LogP contribution in [-0.4, -0.2) is 51.4 Å². The van der Waals surface area contributed by atoms with Crippen LogP contribution in [0.4, 0.5) is 5.69 Å². The Balaban J connectivity index is 2.08. The van der Waals surface area contributed by atoms with Crippen molar-refractivity contribution < 1.29 is 22.7 Å². The number of hydrogen-bond acceptors (Lipinski definition) is 5.